The number of alkyl halides is 3. The van der Waals surface area contributed by atoms with Crippen LogP contribution in [0.2, 0.25) is 10.0 Å². The Kier molecular flexibility index (Phi) is 7.58. The van der Waals surface area contributed by atoms with Gasteiger partial charge in [0.05, 0.1) is 16.7 Å². The molecule has 0 aliphatic carbocycles. The quantitative estimate of drug-likeness (QED) is 0.453. The van der Waals surface area contributed by atoms with Crippen molar-refractivity contribution in [3.05, 3.63) is 57.6 Å². The van der Waals surface area contributed by atoms with Crippen LogP contribution in [0.1, 0.15) is 11.1 Å². The number of carbonyl (C=O) groups is 1. The van der Waals surface area contributed by atoms with E-state index >= 15 is 0 Å². The highest BCUT2D eigenvalue weighted by molar-refractivity contribution is 6.42. The van der Waals surface area contributed by atoms with E-state index in [1.54, 1.807) is 24.3 Å². The highest BCUT2D eigenvalue weighted by Crippen LogP contribution is 2.39. The molecule has 2 aromatic carbocycles. The molecule has 0 saturated carbocycles. The number of carboxylic acids is 1. The number of hydrogen-bond acceptors (Lipinski definition) is 5. The molecule has 6 nitrogen and oxygen atoms in total. The smallest absolute Gasteiger partial charge is 0.493 e. The first kappa shape index (κ1) is 22.6. The van der Waals surface area contributed by atoms with Crippen LogP contribution in [-0.4, -0.2) is 36.9 Å². The van der Waals surface area contributed by atoms with Crippen molar-refractivity contribution in [1.29, 1.82) is 0 Å². The maximum absolute atomic E-state index is 12.4. The zero-order chi connectivity index (χ0) is 21.6. The Morgan fingerprint density at radius 2 is 1.79 bits per heavy atom. The third-order valence-electron chi connectivity index (χ3n) is 3.49. The predicted octanol–water partition coefficient (Wildman–Crippen LogP) is 4.95. The Labute approximate surface area is 173 Å². The third kappa shape index (κ3) is 6.43. The van der Waals surface area contributed by atoms with Gasteiger partial charge in [0, 0.05) is 24.1 Å². The Bertz CT molecular complexity index is 896. The van der Waals surface area contributed by atoms with Crippen molar-refractivity contribution in [2.24, 2.45) is 5.16 Å². The topological polar surface area (TPSA) is 77.4 Å². The summed E-state index contributed by atoms with van der Waals surface area (Å²) in [5.74, 6) is -1.87. The lowest BCUT2D eigenvalue weighted by Crippen LogP contribution is -2.18. The van der Waals surface area contributed by atoms with Gasteiger partial charge in [0.15, 0.2) is 11.5 Å². The summed E-state index contributed by atoms with van der Waals surface area (Å²) in [5.41, 5.74) is 0.679. The number of oxime groups is 1. The highest BCUT2D eigenvalue weighted by atomic mass is 35.5. The number of rotatable bonds is 8. The van der Waals surface area contributed by atoms with Crippen molar-refractivity contribution in [3.63, 3.8) is 0 Å². The number of nitrogens with zero attached hydrogens (tertiary/aromatic N) is 1. The molecule has 0 bridgehead atoms. The van der Waals surface area contributed by atoms with Crippen molar-refractivity contribution < 1.29 is 37.4 Å². The van der Waals surface area contributed by atoms with Gasteiger partial charge in [0.25, 0.3) is 0 Å². The van der Waals surface area contributed by atoms with Gasteiger partial charge < -0.3 is 19.4 Å². The normalized spacial score (nSPS) is 11.9. The molecule has 0 spiro atoms. The van der Waals surface area contributed by atoms with Crippen LogP contribution in [0.5, 0.6) is 11.5 Å². The monoisotopic (exact) mass is 451 g/mol. The number of aliphatic carboxylic acids is 1. The van der Waals surface area contributed by atoms with Gasteiger partial charge in [-0.05, 0) is 5.56 Å². The van der Waals surface area contributed by atoms with E-state index in [1.807, 2.05) is 0 Å². The number of benzene rings is 2. The van der Waals surface area contributed by atoms with Crippen molar-refractivity contribution in [1.82, 2.24) is 0 Å². The molecule has 0 heterocycles. The van der Waals surface area contributed by atoms with Crippen molar-refractivity contribution in [2.75, 3.05) is 13.7 Å². The van der Waals surface area contributed by atoms with Gasteiger partial charge in [-0.2, -0.15) is 0 Å². The first-order chi connectivity index (χ1) is 13.6. The zero-order valence-corrected chi connectivity index (χ0v) is 16.3. The fraction of sp³-hybridized carbons (Fsp3) is 0.222. The van der Waals surface area contributed by atoms with Crippen LogP contribution in [0.4, 0.5) is 13.2 Å². The van der Waals surface area contributed by atoms with Gasteiger partial charge in [0.1, 0.15) is 12.9 Å². The highest BCUT2D eigenvalue weighted by Gasteiger charge is 2.33. The molecule has 0 saturated heterocycles. The second kappa shape index (κ2) is 9.71. The van der Waals surface area contributed by atoms with E-state index in [0.717, 1.165) is 12.1 Å². The van der Waals surface area contributed by atoms with Gasteiger partial charge in [-0.25, -0.2) is 4.79 Å². The average molecular weight is 452 g/mol. The second-order valence-electron chi connectivity index (χ2n) is 5.45. The van der Waals surface area contributed by atoms with E-state index in [9.17, 15) is 23.1 Å². The number of halogens is 5. The van der Waals surface area contributed by atoms with Crippen LogP contribution in [0.15, 0.2) is 41.6 Å². The second-order valence-corrected chi connectivity index (χ2v) is 6.26. The Morgan fingerprint density at radius 1 is 1.17 bits per heavy atom. The zero-order valence-electron chi connectivity index (χ0n) is 14.8. The molecule has 29 heavy (non-hydrogen) atoms. The molecule has 0 unspecified atom stereocenters. The summed E-state index contributed by atoms with van der Waals surface area (Å²) in [6.45, 7) is 0.0586. The van der Waals surface area contributed by atoms with Crippen molar-refractivity contribution >= 4 is 34.9 Å². The molecule has 156 valence electrons. The molecule has 0 atom stereocenters. The van der Waals surface area contributed by atoms with Gasteiger partial charge in [0.2, 0.25) is 0 Å². The summed E-state index contributed by atoms with van der Waals surface area (Å²) < 4.78 is 46.4. The molecule has 0 amide bonds. The van der Waals surface area contributed by atoms with Crippen LogP contribution < -0.4 is 9.47 Å². The molecule has 2 rings (SSSR count). The van der Waals surface area contributed by atoms with Crippen LogP contribution in [0.25, 0.3) is 0 Å². The lowest BCUT2D eigenvalue weighted by atomic mass is 10.0. The fourth-order valence-electron chi connectivity index (χ4n) is 2.38. The van der Waals surface area contributed by atoms with Gasteiger partial charge >= 0.3 is 12.3 Å². The summed E-state index contributed by atoms with van der Waals surface area (Å²) in [5, 5.41) is 12.1. The van der Waals surface area contributed by atoms with Crippen molar-refractivity contribution in [2.45, 2.75) is 12.8 Å². The molecule has 0 fully saturated rings. The predicted molar refractivity (Wildman–Crippen MR) is 100.0 cm³/mol. The average Bonchev–Trinajstić information content (AvgIpc) is 2.62. The maximum Gasteiger partial charge on any atom is 0.573 e. The minimum atomic E-state index is -4.94. The van der Waals surface area contributed by atoms with E-state index < -0.39 is 18.1 Å². The van der Waals surface area contributed by atoms with Gasteiger partial charge in [-0.15, -0.1) is 13.2 Å². The van der Waals surface area contributed by atoms with Gasteiger partial charge in [-0.1, -0.05) is 52.6 Å². The number of ether oxygens (including phenoxy) is 2. The molecule has 0 aliphatic rings. The molecule has 11 heteroatoms. The van der Waals surface area contributed by atoms with Crippen LogP contribution in [0, 0.1) is 0 Å². The lowest BCUT2D eigenvalue weighted by Gasteiger charge is -2.14. The van der Waals surface area contributed by atoms with E-state index in [2.05, 4.69) is 14.7 Å². The summed E-state index contributed by atoms with van der Waals surface area (Å²) in [7, 11) is 1.23. The van der Waals surface area contributed by atoms with Crippen LogP contribution >= 0.6 is 23.2 Å². The molecule has 1 N–H and O–H groups in total. The number of carboxylic acid groups (broad SMARTS) is 1. The Hall–Kier alpha value is -2.65. The van der Waals surface area contributed by atoms with E-state index in [-0.39, 0.29) is 34.5 Å². The molecule has 0 radical (unpaired) electrons. The largest absolute Gasteiger partial charge is 0.573 e. The molecule has 0 aromatic heterocycles. The molecular formula is C18H14Cl2F3NO5. The van der Waals surface area contributed by atoms with Crippen LogP contribution in [-0.2, 0) is 16.1 Å². The molecular weight excluding hydrogens is 438 g/mol. The van der Waals surface area contributed by atoms with E-state index in [1.165, 1.54) is 7.11 Å². The van der Waals surface area contributed by atoms with E-state index in [4.69, 9.17) is 27.9 Å². The molecule has 2 aromatic rings. The third-order valence-corrected chi connectivity index (χ3v) is 4.05. The summed E-state index contributed by atoms with van der Waals surface area (Å²) >= 11 is 11.6. The van der Waals surface area contributed by atoms with E-state index in [0.29, 0.717) is 11.1 Å². The SMILES string of the molecule is CO/N=C(/C(=O)O)c1ccccc1CCOc1cc(Cl)c(OC(F)(F)F)c(Cl)c1. The molecule has 0 aliphatic heterocycles. The first-order valence-electron chi connectivity index (χ1n) is 7.92. The Balaban J connectivity index is 2.13. The standard InChI is InChI=1S/C18H14Cl2F3NO5/c1-27-24-15(17(25)26)12-5-3-2-4-10(12)6-7-28-11-8-13(19)16(14(20)9-11)29-18(21,22)23/h2-5,8-9H,6-7H2,1H3,(H,25,26)/b24-15+. The maximum atomic E-state index is 12.4. The lowest BCUT2D eigenvalue weighted by molar-refractivity contribution is -0.274. The summed E-state index contributed by atoms with van der Waals surface area (Å²) in [6.07, 6.45) is -4.67. The number of hydrogen-bond donors (Lipinski definition) is 1. The first-order valence-corrected chi connectivity index (χ1v) is 8.68. The van der Waals surface area contributed by atoms with Gasteiger partial charge in [-0.3, -0.25) is 0 Å². The minimum absolute atomic E-state index is 0.0586. The van der Waals surface area contributed by atoms with Crippen molar-refractivity contribution in [3.8, 4) is 11.5 Å². The summed E-state index contributed by atoms with van der Waals surface area (Å²) in [4.78, 5) is 16.0. The van der Waals surface area contributed by atoms with Crippen LogP contribution in [0.3, 0.4) is 0 Å². The Morgan fingerprint density at radius 3 is 2.34 bits per heavy atom. The minimum Gasteiger partial charge on any atom is -0.493 e. The summed E-state index contributed by atoms with van der Waals surface area (Å²) in [6, 6.07) is 8.88. The fourth-order valence-corrected chi connectivity index (χ4v) is 2.92.